The van der Waals surface area contributed by atoms with Crippen LogP contribution in [0.4, 0.5) is 11.6 Å². The second kappa shape index (κ2) is 21.6. The maximum Gasteiger partial charge on any atom is 0.488 e. The normalized spacial score (nSPS) is 15.6. The predicted molar refractivity (Wildman–Crippen MR) is 265 cm³/mol. The maximum atomic E-state index is 12.2. The summed E-state index contributed by atoms with van der Waals surface area (Å²) in [6.07, 6.45) is 8.01. The number of fused-ring (bicyclic) bond motifs is 2. The van der Waals surface area contributed by atoms with E-state index >= 15 is 0 Å². The molecule has 19 heteroatoms. The molecule has 0 spiro atoms. The summed E-state index contributed by atoms with van der Waals surface area (Å²) >= 11 is 0. The van der Waals surface area contributed by atoms with Crippen LogP contribution in [0.1, 0.15) is 50.4 Å². The molecule has 18 nitrogen and oxygen atoms in total. The summed E-state index contributed by atoms with van der Waals surface area (Å²) in [4.78, 5) is 44.4. The Morgan fingerprint density at radius 3 is 1.68 bits per heavy atom. The average Bonchev–Trinajstić information content (AvgIpc) is 3.95. The fraction of sp³-hybridized carbons (Fsp3) is 0.240. The molecule has 0 bridgehead atoms. The second-order valence-electron chi connectivity index (χ2n) is 16.6. The first-order chi connectivity index (χ1) is 33.5. The van der Waals surface area contributed by atoms with E-state index in [2.05, 4.69) is 31.6 Å². The van der Waals surface area contributed by atoms with Crippen molar-refractivity contribution >= 4 is 58.1 Å². The fourth-order valence-corrected chi connectivity index (χ4v) is 8.44. The number of para-hydroxylation sites is 2. The first kappa shape index (κ1) is 47.3. The number of nitrogen functional groups attached to an aromatic ring is 2. The summed E-state index contributed by atoms with van der Waals surface area (Å²) in [7, 11) is -1.44. The Labute approximate surface area is 399 Å². The summed E-state index contributed by atoms with van der Waals surface area (Å²) < 4.78 is 15.2. The molecule has 4 aromatic carbocycles. The number of benzene rings is 4. The molecule has 8 aromatic rings. The lowest BCUT2D eigenvalue weighted by atomic mass is 9.80. The van der Waals surface area contributed by atoms with E-state index in [-0.39, 0.29) is 23.9 Å². The molecular weight excluding hydrogens is 875 g/mol. The van der Waals surface area contributed by atoms with Crippen LogP contribution in [0.2, 0.25) is 0 Å². The zero-order valence-corrected chi connectivity index (χ0v) is 38.4. The molecule has 2 aliphatic heterocycles. The van der Waals surface area contributed by atoms with Crippen molar-refractivity contribution in [3.05, 3.63) is 140 Å². The van der Waals surface area contributed by atoms with Gasteiger partial charge >= 0.3 is 7.12 Å². The van der Waals surface area contributed by atoms with Gasteiger partial charge in [0.05, 0.1) is 28.6 Å². The number of anilines is 2. The molecule has 2 amide bonds. The fourth-order valence-electron chi connectivity index (χ4n) is 8.44. The summed E-state index contributed by atoms with van der Waals surface area (Å²) in [5.74, 6) is 3.78. The molecule has 2 aliphatic rings. The van der Waals surface area contributed by atoms with Crippen molar-refractivity contribution in [3.63, 3.8) is 0 Å². The first-order valence-corrected chi connectivity index (χ1v) is 22.6. The van der Waals surface area contributed by atoms with E-state index in [0.29, 0.717) is 59.2 Å². The number of nitrogens with zero attached hydrogens (tertiary/aromatic N) is 10. The number of likely N-dealkylation sites (tertiary alicyclic amines) is 2. The molecule has 0 unspecified atom stereocenters. The molecule has 69 heavy (non-hydrogen) atoms. The van der Waals surface area contributed by atoms with Gasteiger partial charge < -0.3 is 40.8 Å². The van der Waals surface area contributed by atoms with Crippen LogP contribution in [-0.2, 0) is 9.59 Å². The van der Waals surface area contributed by atoms with Crippen LogP contribution in [0.25, 0.3) is 33.3 Å². The van der Waals surface area contributed by atoms with Crippen molar-refractivity contribution in [2.45, 2.75) is 51.6 Å². The minimum atomic E-state index is -1.44. The van der Waals surface area contributed by atoms with Gasteiger partial charge in [-0.2, -0.15) is 10.2 Å². The summed E-state index contributed by atoms with van der Waals surface area (Å²) in [5, 5.41) is 28.8. The lowest BCUT2D eigenvalue weighted by molar-refractivity contribution is -0.130. The van der Waals surface area contributed by atoms with Gasteiger partial charge in [-0.3, -0.25) is 9.59 Å². The van der Waals surface area contributed by atoms with Crippen LogP contribution in [0.15, 0.2) is 135 Å². The van der Waals surface area contributed by atoms with E-state index in [4.69, 9.17) is 36.1 Å². The molecule has 10 rings (SSSR count). The molecule has 2 atom stereocenters. The molecular formula is C50H53BN12O6. The number of carbonyl (C=O) groups excluding carboxylic acids is 2. The number of hydrogen-bond acceptors (Lipinski definition) is 14. The van der Waals surface area contributed by atoms with Gasteiger partial charge in [0, 0.05) is 38.7 Å². The monoisotopic (exact) mass is 928 g/mol. The zero-order chi connectivity index (χ0) is 48.4. The van der Waals surface area contributed by atoms with Crippen molar-refractivity contribution in [3.8, 4) is 34.3 Å². The summed E-state index contributed by atoms with van der Waals surface area (Å²) in [6, 6.07) is 33.5. The molecule has 352 valence electrons. The molecule has 4 aromatic heterocycles. The number of aromatic nitrogens is 8. The zero-order valence-electron chi connectivity index (χ0n) is 38.4. The van der Waals surface area contributed by atoms with Gasteiger partial charge in [-0.05, 0) is 105 Å². The number of amides is 2. The molecule has 0 aliphatic carbocycles. The molecule has 0 saturated carbocycles. The highest BCUT2D eigenvalue weighted by Crippen LogP contribution is 2.35. The van der Waals surface area contributed by atoms with Gasteiger partial charge in [0.25, 0.3) is 0 Å². The third-order valence-electron chi connectivity index (χ3n) is 11.9. The van der Waals surface area contributed by atoms with Crippen LogP contribution < -0.4 is 26.4 Å². The first-order valence-electron chi connectivity index (χ1n) is 22.6. The Bertz CT molecular complexity index is 3030. The van der Waals surface area contributed by atoms with E-state index in [9.17, 15) is 9.59 Å². The lowest BCUT2D eigenvalue weighted by Crippen LogP contribution is -2.40. The number of carbonyl (C=O) groups is 2. The smallest absolute Gasteiger partial charge is 0.457 e. The van der Waals surface area contributed by atoms with E-state index in [0.717, 1.165) is 71.8 Å². The summed E-state index contributed by atoms with van der Waals surface area (Å²) in [6.45, 7) is 9.89. The topological polar surface area (TPSA) is 239 Å². The van der Waals surface area contributed by atoms with Crippen LogP contribution >= 0.6 is 0 Å². The number of nitrogens with two attached hydrogens (primary N) is 2. The number of ether oxygens (including phenoxy) is 2. The van der Waals surface area contributed by atoms with Crippen molar-refractivity contribution in [1.82, 2.24) is 49.3 Å². The third-order valence-corrected chi connectivity index (χ3v) is 11.9. The highest BCUT2D eigenvalue weighted by Gasteiger charge is 2.29. The number of rotatable bonds is 9. The van der Waals surface area contributed by atoms with E-state index in [1.165, 1.54) is 18.7 Å². The van der Waals surface area contributed by atoms with Crippen molar-refractivity contribution < 1.29 is 29.1 Å². The minimum absolute atomic E-state index is 0.00566. The Morgan fingerprint density at radius 1 is 0.667 bits per heavy atom. The average molecular weight is 929 g/mol. The summed E-state index contributed by atoms with van der Waals surface area (Å²) in [5.41, 5.74) is 16.5. The highest BCUT2D eigenvalue weighted by molar-refractivity contribution is 6.58. The van der Waals surface area contributed by atoms with Crippen molar-refractivity contribution in [2.24, 2.45) is 0 Å². The number of hydrogen-bond donors (Lipinski definition) is 4. The van der Waals surface area contributed by atoms with Crippen LogP contribution in [0, 0.1) is 6.92 Å². The molecule has 2 saturated heterocycles. The SMILES string of the molecule is C=CC(=O)N1CCC[C@@H](n2nc(-c3ccc(Oc4ccccc4)cc3)c3c(N)ncnc32)C1.CC(=O)N1CCC[C@@H](n2nc(C)c3c(N)ncnc32)C1.OB(O)c1ccc(Oc2ccccc2)cc1. The van der Waals surface area contributed by atoms with Crippen LogP contribution in [0.5, 0.6) is 23.0 Å². The van der Waals surface area contributed by atoms with Gasteiger partial charge in [-0.15, -0.1) is 0 Å². The molecule has 6 heterocycles. The maximum absolute atomic E-state index is 12.2. The highest BCUT2D eigenvalue weighted by atomic mass is 16.5. The Balaban J connectivity index is 0.000000152. The van der Waals surface area contributed by atoms with E-state index < -0.39 is 7.12 Å². The molecule has 2 fully saturated rings. The largest absolute Gasteiger partial charge is 0.488 e. The Hall–Kier alpha value is -8.16. The van der Waals surface area contributed by atoms with Gasteiger partial charge in [0.1, 0.15) is 53.0 Å². The molecule has 0 radical (unpaired) electrons. The van der Waals surface area contributed by atoms with Gasteiger partial charge in [-0.25, -0.2) is 29.3 Å². The quantitative estimate of drug-likeness (QED) is 0.0922. The van der Waals surface area contributed by atoms with Gasteiger partial charge in [0.15, 0.2) is 11.3 Å². The third kappa shape index (κ3) is 11.2. The lowest BCUT2D eigenvalue weighted by Gasteiger charge is -2.32. The molecule has 6 N–H and O–H groups in total. The standard InChI is InChI=1S/C25H24N6O2.C13H18N6O.C12H11BO3/c1-2-21(32)30-14-6-7-18(15-30)31-25-22(24(26)27-16-28-25)23(29-31)17-10-12-20(13-11-17)33-19-8-4-3-5-9-19;1-8-11-12(14)15-7-16-13(11)19(17-8)10-4-3-5-18(6-10)9(2)20;14-13(15)10-6-8-12(9-7-10)16-11-4-2-1-3-5-11/h2-5,8-13,16,18H,1,6-7,14-15H2,(H2,26,27,28);7,10H,3-6H2,1-2H3,(H2,14,15,16);1-9,14-15H/t18-;10-;/m11./s1. The minimum Gasteiger partial charge on any atom is -0.457 e. The van der Waals surface area contributed by atoms with Gasteiger partial charge in [-0.1, -0.05) is 55.1 Å². The van der Waals surface area contributed by atoms with Crippen molar-refractivity contribution in [2.75, 3.05) is 37.6 Å². The number of aryl methyl sites for hydroxylation is 1. The Morgan fingerprint density at radius 2 is 1.14 bits per heavy atom. The number of piperidine rings is 2. The predicted octanol–water partition coefficient (Wildman–Crippen LogP) is 6.28. The Kier molecular flexibility index (Phi) is 14.9. The van der Waals surface area contributed by atoms with E-state index in [1.54, 1.807) is 36.1 Å². The van der Waals surface area contributed by atoms with Gasteiger partial charge in [0.2, 0.25) is 11.8 Å². The second-order valence-corrected chi connectivity index (χ2v) is 16.6. The van der Waals surface area contributed by atoms with E-state index in [1.807, 2.05) is 106 Å². The van der Waals surface area contributed by atoms with Crippen molar-refractivity contribution in [1.29, 1.82) is 0 Å². The van der Waals surface area contributed by atoms with Crippen LogP contribution in [0.3, 0.4) is 0 Å². The van der Waals surface area contributed by atoms with Crippen LogP contribution in [-0.4, -0.2) is 104 Å².